The smallest absolute Gasteiger partial charge is 0.335 e. The third-order valence-corrected chi connectivity index (χ3v) is 3.31. The van der Waals surface area contributed by atoms with Gasteiger partial charge in [0.2, 0.25) is 0 Å². The molecule has 3 aromatic rings. The number of hydrogen-bond acceptors (Lipinski definition) is 5. The summed E-state index contributed by atoms with van der Waals surface area (Å²) < 4.78 is 11.4. The maximum Gasteiger partial charge on any atom is 0.335 e. The lowest BCUT2D eigenvalue weighted by atomic mass is 10.2. The molecule has 0 aromatic heterocycles. The number of aromatic carboxylic acids is 1. The maximum atomic E-state index is 11.4. The summed E-state index contributed by atoms with van der Waals surface area (Å²) in [5.41, 5.74) is 12.6. The average Bonchev–Trinajstić information content (AvgIpc) is 2.54. The van der Waals surface area contributed by atoms with E-state index in [0.717, 1.165) is 0 Å². The lowest BCUT2D eigenvalue weighted by Gasteiger charge is -2.11. The Kier molecular flexibility index (Phi) is 4.43. The minimum Gasteiger partial charge on any atom is -0.478 e. The molecule has 0 aliphatic rings. The molecule has 0 aliphatic heterocycles. The van der Waals surface area contributed by atoms with Crippen molar-refractivity contribution in [3.8, 4) is 23.0 Å². The molecule has 0 atom stereocenters. The van der Waals surface area contributed by atoms with Crippen molar-refractivity contribution < 1.29 is 19.4 Å². The maximum absolute atomic E-state index is 11.4. The van der Waals surface area contributed by atoms with Crippen LogP contribution in [0.25, 0.3) is 0 Å². The van der Waals surface area contributed by atoms with Gasteiger partial charge in [-0.3, -0.25) is 0 Å². The minimum absolute atomic E-state index is 0.0420. The number of benzene rings is 3. The van der Waals surface area contributed by atoms with Gasteiger partial charge in [0.25, 0.3) is 0 Å². The van der Waals surface area contributed by atoms with Crippen molar-refractivity contribution in [2.24, 2.45) is 0 Å². The summed E-state index contributed by atoms with van der Waals surface area (Å²) in [5.74, 6) is 0.555. The second-order valence-electron chi connectivity index (χ2n) is 5.35. The number of carboxylic acid groups (broad SMARTS) is 1. The summed E-state index contributed by atoms with van der Waals surface area (Å²) >= 11 is 0. The largest absolute Gasteiger partial charge is 0.478 e. The Morgan fingerprint density at radius 1 is 0.720 bits per heavy atom. The molecule has 0 amide bonds. The van der Waals surface area contributed by atoms with E-state index >= 15 is 0 Å². The summed E-state index contributed by atoms with van der Waals surface area (Å²) in [6, 6.07) is 18.1. The molecule has 6 nitrogen and oxygen atoms in total. The Bertz CT molecular complexity index is 859. The summed E-state index contributed by atoms with van der Waals surface area (Å²) in [4.78, 5) is 11.4. The van der Waals surface area contributed by atoms with Crippen LogP contribution in [0.15, 0.2) is 66.7 Å². The molecule has 126 valence electrons. The normalized spacial score (nSPS) is 10.2. The molecule has 0 heterocycles. The van der Waals surface area contributed by atoms with Crippen molar-refractivity contribution in [2.45, 2.75) is 0 Å². The van der Waals surface area contributed by atoms with Gasteiger partial charge in [-0.2, -0.15) is 0 Å². The first-order valence-electron chi connectivity index (χ1n) is 7.45. The van der Waals surface area contributed by atoms with E-state index in [4.69, 9.17) is 20.9 Å². The van der Waals surface area contributed by atoms with Gasteiger partial charge in [0.15, 0.2) is 0 Å². The lowest BCUT2D eigenvalue weighted by molar-refractivity contribution is 0.0696. The Morgan fingerprint density at radius 2 is 1.20 bits per heavy atom. The minimum atomic E-state index is -1.09. The number of hydrogen-bond donors (Lipinski definition) is 3. The van der Waals surface area contributed by atoms with Crippen molar-refractivity contribution in [3.05, 3.63) is 72.3 Å². The molecule has 0 bridgehead atoms. The first kappa shape index (κ1) is 16.2. The zero-order chi connectivity index (χ0) is 17.8. The number of rotatable bonds is 5. The molecule has 3 rings (SSSR count). The Hall–Kier alpha value is -3.67. The highest BCUT2D eigenvalue weighted by Gasteiger charge is 2.11. The molecule has 0 unspecified atom stereocenters. The second kappa shape index (κ2) is 6.84. The van der Waals surface area contributed by atoms with Crippen LogP contribution in [0.1, 0.15) is 10.4 Å². The van der Waals surface area contributed by atoms with Gasteiger partial charge in [0, 0.05) is 29.6 Å². The molecule has 6 heteroatoms. The first-order chi connectivity index (χ1) is 12.0. The lowest BCUT2D eigenvalue weighted by Crippen LogP contribution is -1.98. The highest BCUT2D eigenvalue weighted by Crippen LogP contribution is 2.31. The fourth-order valence-corrected chi connectivity index (χ4v) is 2.24. The van der Waals surface area contributed by atoms with Gasteiger partial charge in [0.05, 0.1) is 5.56 Å². The standard InChI is InChI=1S/C19H16N2O4/c20-13-3-1-5-15(9-13)24-17-7-12(19(22)23)8-18(11-17)25-16-6-2-4-14(21)10-16/h1-11H,20-21H2,(H,22,23). The third-order valence-electron chi connectivity index (χ3n) is 3.31. The summed E-state index contributed by atoms with van der Waals surface area (Å²) in [5, 5.41) is 9.30. The van der Waals surface area contributed by atoms with E-state index < -0.39 is 5.97 Å². The number of nitrogen functional groups attached to an aromatic ring is 2. The quantitative estimate of drug-likeness (QED) is 0.605. The number of anilines is 2. The van der Waals surface area contributed by atoms with Gasteiger partial charge in [-0.05, 0) is 36.4 Å². The van der Waals surface area contributed by atoms with E-state index in [1.165, 1.54) is 12.1 Å². The van der Waals surface area contributed by atoms with E-state index in [9.17, 15) is 9.90 Å². The molecular formula is C19H16N2O4. The van der Waals surface area contributed by atoms with Crippen molar-refractivity contribution in [1.29, 1.82) is 0 Å². The fraction of sp³-hybridized carbons (Fsp3) is 0. The van der Waals surface area contributed by atoms with Crippen LogP contribution in [-0.4, -0.2) is 11.1 Å². The first-order valence-corrected chi connectivity index (χ1v) is 7.45. The molecule has 0 fully saturated rings. The van der Waals surface area contributed by atoms with E-state index in [1.807, 2.05) is 0 Å². The van der Waals surface area contributed by atoms with Crippen molar-refractivity contribution in [2.75, 3.05) is 11.5 Å². The van der Waals surface area contributed by atoms with Gasteiger partial charge in [0.1, 0.15) is 23.0 Å². The molecule has 0 radical (unpaired) electrons. The molecule has 0 aliphatic carbocycles. The number of nitrogens with two attached hydrogens (primary N) is 2. The average molecular weight is 336 g/mol. The van der Waals surface area contributed by atoms with Gasteiger partial charge in [-0.15, -0.1) is 0 Å². The topological polar surface area (TPSA) is 108 Å². The van der Waals surface area contributed by atoms with E-state index in [1.54, 1.807) is 54.6 Å². The molecule has 0 spiro atoms. The van der Waals surface area contributed by atoms with Gasteiger partial charge >= 0.3 is 5.97 Å². The summed E-state index contributed by atoms with van der Waals surface area (Å²) in [6.07, 6.45) is 0. The van der Waals surface area contributed by atoms with Gasteiger partial charge < -0.3 is 26.0 Å². The Balaban J connectivity index is 1.93. The number of ether oxygens (including phenoxy) is 2. The van der Waals surface area contributed by atoms with Crippen molar-refractivity contribution in [1.82, 2.24) is 0 Å². The van der Waals surface area contributed by atoms with Crippen molar-refractivity contribution >= 4 is 17.3 Å². The number of carboxylic acids is 1. The van der Waals surface area contributed by atoms with E-state index in [2.05, 4.69) is 0 Å². The zero-order valence-electron chi connectivity index (χ0n) is 13.2. The van der Waals surface area contributed by atoms with Crippen LogP contribution in [0.4, 0.5) is 11.4 Å². The predicted molar refractivity (Wildman–Crippen MR) is 95.3 cm³/mol. The molecule has 3 aromatic carbocycles. The Morgan fingerprint density at radius 3 is 1.60 bits per heavy atom. The Labute approximate surface area is 144 Å². The highest BCUT2D eigenvalue weighted by atomic mass is 16.5. The van der Waals surface area contributed by atoms with Crippen LogP contribution in [0.2, 0.25) is 0 Å². The molecule has 0 saturated heterocycles. The predicted octanol–water partition coefficient (Wildman–Crippen LogP) is 4.13. The van der Waals surface area contributed by atoms with Gasteiger partial charge in [-0.25, -0.2) is 4.79 Å². The van der Waals surface area contributed by atoms with Crippen LogP contribution >= 0.6 is 0 Å². The fourth-order valence-electron chi connectivity index (χ4n) is 2.24. The molecule has 0 saturated carbocycles. The molecule has 5 N–H and O–H groups in total. The SMILES string of the molecule is Nc1cccc(Oc2cc(Oc3cccc(N)c3)cc(C(=O)O)c2)c1. The van der Waals surface area contributed by atoms with E-state index in [-0.39, 0.29) is 5.56 Å². The zero-order valence-corrected chi connectivity index (χ0v) is 13.2. The second-order valence-corrected chi connectivity index (χ2v) is 5.35. The van der Waals surface area contributed by atoms with E-state index in [0.29, 0.717) is 34.4 Å². The molecule has 25 heavy (non-hydrogen) atoms. The van der Waals surface area contributed by atoms with Crippen LogP contribution in [-0.2, 0) is 0 Å². The molecular weight excluding hydrogens is 320 g/mol. The van der Waals surface area contributed by atoms with Crippen LogP contribution < -0.4 is 20.9 Å². The van der Waals surface area contributed by atoms with Crippen LogP contribution in [0, 0.1) is 0 Å². The van der Waals surface area contributed by atoms with Gasteiger partial charge in [-0.1, -0.05) is 12.1 Å². The van der Waals surface area contributed by atoms with Crippen molar-refractivity contribution in [3.63, 3.8) is 0 Å². The monoisotopic (exact) mass is 336 g/mol. The van der Waals surface area contributed by atoms with Crippen LogP contribution in [0.3, 0.4) is 0 Å². The summed E-state index contributed by atoms with van der Waals surface area (Å²) in [7, 11) is 0. The third kappa shape index (κ3) is 4.20. The highest BCUT2D eigenvalue weighted by molar-refractivity contribution is 5.88. The summed E-state index contributed by atoms with van der Waals surface area (Å²) in [6.45, 7) is 0. The number of carbonyl (C=O) groups is 1. The van der Waals surface area contributed by atoms with Crippen LogP contribution in [0.5, 0.6) is 23.0 Å².